The number of nitrogens with zero attached hydrogens (tertiary/aromatic N) is 7. The molecule has 5 heterocycles. The quantitative estimate of drug-likeness (QED) is 0.171. The van der Waals surface area contributed by atoms with E-state index >= 15 is 0 Å². The third-order valence-corrected chi connectivity index (χ3v) is 22.6. The van der Waals surface area contributed by atoms with Crippen molar-refractivity contribution in [3.8, 4) is 84.4 Å². The Morgan fingerprint density at radius 1 is 0.314 bits per heavy atom. The molecule has 19 aromatic rings. The van der Waals surface area contributed by atoms with Crippen LogP contribution in [0.3, 0.4) is 0 Å². The third kappa shape index (κ3) is 10.2. The summed E-state index contributed by atoms with van der Waals surface area (Å²) >= 11 is 3.63. The molecule has 5 aromatic heterocycles. The lowest BCUT2D eigenvalue weighted by atomic mass is 9.85. The van der Waals surface area contributed by atoms with Gasteiger partial charge in [-0.15, -0.1) is 0 Å². The number of hydrogen-bond donors (Lipinski definition) is 0. The Kier molecular flexibility index (Phi) is 14.4. The first-order valence-corrected chi connectivity index (χ1v) is 36.7. The molecule has 0 atom stereocenters. The zero-order valence-electron chi connectivity index (χ0n) is 58.2. The first kappa shape index (κ1) is 62.2. The number of aromatic nitrogens is 7. The Morgan fingerprint density at radius 2 is 0.800 bits per heavy atom. The number of para-hydroxylation sites is 1. The number of pyridine rings is 2. The van der Waals surface area contributed by atoms with Crippen molar-refractivity contribution in [3.05, 3.63) is 354 Å². The number of hydrogen-bond acceptors (Lipinski definition) is 6. The van der Waals surface area contributed by atoms with Gasteiger partial charge in [-0.25, -0.2) is 19.9 Å². The lowest BCUT2D eigenvalue weighted by Gasteiger charge is -2.21. The van der Waals surface area contributed by atoms with Crippen LogP contribution in [-0.2, 0) is 17.3 Å². The van der Waals surface area contributed by atoms with Crippen molar-refractivity contribution in [1.29, 1.82) is 0 Å². The van der Waals surface area contributed by atoms with E-state index in [0.717, 1.165) is 111 Å². The van der Waals surface area contributed by atoms with Crippen LogP contribution in [-0.4, -0.2) is 34.5 Å². The Morgan fingerprint density at radius 3 is 1.42 bits per heavy atom. The molecule has 0 unspecified atom stereocenters. The molecule has 105 heavy (non-hydrogen) atoms. The van der Waals surface area contributed by atoms with Gasteiger partial charge in [0.25, 0.3) is 0 Å². The van der Waals surface area contributed by atoms with Gasteiger partial charge < -0.3 is 4.57 Å². The summed E-state index contributed by atoms with van der Waals surface area (Å²) < 4.78 is 3.48. The second kappa shape index (κ2) is 24.3. The highest BCUT2D eigenvalue weighted by atomic mass is 79.9. The van der Waals surface area contributed by atoms with Crippen molar-refractivity contribution in [2.24, 2.45) is 0 Å². The summed E-state index contributed by atoms with van der Waals surface area (Å²) in [7, 11) is 0. The third-order valence-electron chi connectivity index (χ3n) is 22.1. The molecule has 0 saturated carbocycles. The molecule has 0 aliphatic heterocycles. The Bertz CT molecular complexity index is 6860. The molecule has 0 saturated heterocycles. The van der Waals surface area contributed by atoms with Crippen molar-refractivity contribution >= 4 is 103 Å². The zero-order chi connectivity index (χ0) is 70.2. The zero-order valence-corrected chi connectivity index (χ0v) is 59.8. The number of rotatable bonds is 5. The summed E-state index contributed by atoms with van der Waals surface area (Å²) in [6.45, 7) is 9.09. The normalized spacial score (nSPS) is 13.3. The molecule has 0 spiro atoms. The minimum atomic E-state index is -0.286. The first-order chi connectivity index (χ1) is 51.4. The molecule has 14 aromatic carbocycles. The standard InChI is InChI=1S/C48H32N4.C32H22BrN3.C17H12/c1-48(2)40-18-7-5-16-38(40)44-45(50-47(51-46(44)48)33-21-20-29-14-10-24-49-41(29)27-33)37-17-9-13-32-25-34(22-23-35(32)37)52-42-19-8-6-15-36(42)39-26-30-11-3-4-12-31(30)28-43(39)52;1-32(2)26-11-4-3-9-25(26)28-29(24-10-5-7-20-17-22(33)14-15-23(20)24)35-31(36-30(28)32)21-13-12-19-8-6-16-34-27(19)18-21;1-2-6-13-11-17-15(9-12(13)5-1)10-14-7-3-4-8-16(14)17/h3-28H,1-2H3;3-18H,1-2H3;1-9,11H,10H2. The van der Waals surface area contributed by atoms with E-state index in [2.05, 4.69) is 349 Å². The molecule has 496 valence electrons. The molecule has 0 bridgehead atoms. The maximum atomic E-state index is 5.45. The Balaban J connectivity index is 0.000000118. The van der Waals surface area contributed by atoms with Gasteiger partial charge in [0.05, 0.1) is 44.8 Å². The predicted octanol–water partition coefficient (Wildman–Crippen LogP) is 25.1. The number of benzene rings is 14. The van der Waals surface area contributed by atoms with E-state index in [4.69, 9.17) is 19.9 Å². The van der Waals surface area contributed by atoms with Gasteiger partial charge >= 0.3 is 0 Å². The minimum absolute atomic E-state index is 0.235. The van der Waals surface area contributed by atoms with Crippen LogP contribution in [0, 0.1) is 0 Å². The fraction of sp³-hybridized carbons (Fsp3) is 0.0722. The molecule has 8 heteroatoms. The van der Waals surface area contributed by atoms with Gasteiger partial charge in [-0.2, -0.15) is 0 Å². The van der Waals surface area contributed by atoms with Gasteiger partial charge in [0.2, 0.25) is 0 Å². The largest absolute Gasteiger partial charge is 0.309 e. The van der Waals surface area contributed by atoms with E-state index in [1.54, 1.807) is 0 Å². The van der Waals surface area contributed by atoms with Crippen LogP contribution in [0.2, 0.25) is 0 Å². The van der Waals surface area contributed by atoms with Crippen molar-refractivity contribution < 1.29 is 0 Å². The topological polar surface area (TPSA) is 82.3 Å². The molecule has 0 amide bonds. The number of fused-ring (bicyclic) bond motifs is 18. The average Bonchev–Trinajstić information content (AvgIpc) is 1.60. The van der Waals surface area contributed by atoms with E-state index in [-0.39, 0.29) is 10.8 Å². The highest BCUT2D eigenvalue weighted by Gasteiger charge is 2.42. The fourth-order valence-corrected chi connectivity index (χ4v) is 17.4. The second-order valence-corrected chi connectivity index (χ2v) is 30.0. The van der Waals surface area contributed by atoms with Crippen molar-refractivity contribution in [3.63, 3.8) is 0 Å². The summed E-state index contributed by atoms with van der Waals surface area (Å²) in [4.78, 5) is 30.5. The van der Waals surface area contributed by atoms with E-state index in [1.807, 2.05) is 24.5 Å². The van der Waals surface area contributed by atoms with Gasteiger partial charge in [0.15, 0.2) is 11.6 Å². The highest BCUT2D eigenvalue weighted by molar-refractivity contribution is 9.10. The van der Waals surface area contributed by atoms with E-state index in [1.165, 1.54) is 98.6 Å². The lowest BCUT2D eigenvalue weighted by Crippen LogP contribution is -2.17. The molecule has 0 radical (unpaired) electrons. The Labute approximate surface area is 616 Å². The average molecular weight is 1410 g/mol. The smallest absolute Gasteiger partial charge is 0.160 e. The summed E-state index contributed by atoms with van der Waals surface area (Å²) in [5, 5.41) is 14.6. The maximum absolute atomic E-state index is 5.45. The summed E-state index contributed by atoms with van der Waals surface area (Å²) in [5.74, 6) is 1.44. The van der Waals surface area contributed by atoms with Gasteiger partial charge in [-0.1, -0.05) is 274 Å². The molecular formula is C97H66BrN7. The van der Waals surface area contributed by atoms with Crippen molar-refractivity contribution in [1.82, 2.24) is 34.5 Å². The first-order valence-electron chi connectivity index (χ1n) is 35.9. The van der Waals surface area contributed by atoms with Gasteiger partial charge in [-0.3, -0.25) is 9.97 Å². The maximum Gasteiger partial charge on any atom is 0.160 e. The lowest BCUT2D eigenvalue weighted by molar-refractivity contribution is 0.636. The molecular weight excluding hydrogens is 1340 g/mol. The highest BCUT2D eigenvalue weighted by Crippen LogP contribution is 2.54. The molecule has 7 nitrogen and oxygen atoms in total. The van der Waals surface area contributed by atoms with E-state index in [9.17, 15) is 0 Å². The fourth-order valence-electron chi connectivity index (χ4n) is 17.0. The van der Waals surface area contributed by atoms with Gasteiger partial charge in [-0.05, 0) is 167 Å². The van der Waals surface area contributed by atoms with Gasteiger partial charge in [0, 0.05) is 88.3 Å². The van der Waals surface area contributed by atoms with E-state index in [0.29, 0.717) is 5.82 Å². The van der Waals surface area contributed by atoms with Crippen LogP contribution < -0.4 is 0 Å². The van der Waals surface area contributed by atoms with Crippen LogP contribution >= 0.6 is 15.9 Å². The van der Waals surface area contributed by atoms with Crippen LogP contribution in [0.1, 0.15) is 61.3 Å². The summed E-state index contributed by atoms with van der Waals surface area (Å²) in [6.07, 6.45) is 4.75. The molecule has 0 fully saturated rings. The van der Waals surface area contributed by atoms with Crippen LogP contribution in [0.25, 0.3) is 171 Å². The van der Waals surface area contributed by atoms with Crippen LogP contribution in [0.15, 0.2) is 320 Å². The van der Waals surface area contributed by atoms with Crippen LogP contribution in [0.5, 0.6) is 0 Å². The van der Waals surface area contributed by atoms with E-state index < -0.39 is 0 Å². The van der Waals surface area contributed by atoms with Crippen LogP contribution in [0.4, 0.5) is 0 Å². The van der Waals surface area contributed by atoms with Gasteiger partial charge in [0.1, 0.15) is 0 Å². The SMILES string of the molecule is CC1(C)c2ccccc2-c2c(-c3cccc4cc(-n5c6ccccc6c6cc7ccccc7cc65)ccc34)nc(-c3ccc4cccnc4c3)nc21.CC1(C)c2ccccc2-c2c(-c3cccc4cc(Br)ccc34)nc(-c3ccc4cccnc4c3)nc21.c1ccc2c(c1)Cc1cc3ccccc3cc1-2. The monoisotopic (exact) mass is 1410 g/mol. The molecule has 3 aliphatic carbocycles. The summed E-state index contributed by atoms with van der Waals surface area (Å²) in [6, 6.07) is 109. The minimum Gasteiger partial charge on any atom is -0.309 e. The summed E-state index contributed by atoms with van der Waals surface area (Å²) in [5.41, 5.74) is 26.1. The van der Waals surface area contributed by atoms with Crippen molar-refractivity contribution in [2.75, 3.05) is 0 Å². The second-order valence-electron chi connectivity index (χ2n) is 29.0. The molecule has 0 N–H and O–H groups in total. The van der Waals surface area contributed by atoms with Crippen molar-refractivity contribution in [2.45, 2.75) is 44.9 Å². The molecule has 22 rings (SSSR count). The Hall–Kier alpha value is -12.6. The number of halogens is 1. The predicted molar refractivity (Wildman–Crippen MR) is 438 cm³/mol. The molecule has 3 aliphatic rings.